The maximum absolute atomic E-state index is 12.6. The van der Waals surface area contributed by atoms with Crippen molar-refractivity contribution < 1.29 is 24.2 Å². The zero-order valence-corrected chi connectivity index (χ0v) is 22.5. The molecule has 0 radical (unpaired) electrons. The number of carbonyl (C=O) groups is 3. The van der Waals surface area contributed by atoms with Gasteiger partial charge in [-0.25, -0.2) is 4.79 Å². The quantitative estimate of drug-likeness (QED) is 0.120. The van der Waals surface area contributed by atoms with E-state index in [1.165, 1.54) is 0 Å². The molecule has 0 saturated carbocycles. The van der Waals surface area contributed by atoms with E-state index in [4.69, 9.17) is 21.3 Å². The van der Waals surface area contributed by atoms with Gasteiger partial charge < -0.3 is 31.2 Å². The van der Waals surface area contributed by atoms with E-state index in [-0.39, 0.29) is 5.92 Å². The Kier molecular flexibility index (Phi) is 9.66. The van der Waals surface area contributed by atoms with Gasteiger partial charge in [-0.2, -0.15) is 0 Å². The Labute approximate surface area is 223 Å². The monoisotopic (exact) mass is 522 g/mol. The maximum Gasteiger partial charge on any atom is 0.328 e. The number of anilines is 1. The van der Waals surface area contributed by atoms with Crippen LogP contribution in [-0.2, 0) is 20.9 Å². The zero-order chi connectivity index (χ0) is 28.0. The molecule has 0 fully saturated rings. The second-order valence-electron chi connectivity index (χ2n) is 10.0. The van der Waals surface area contributed by atoms with Crippen LogP contribution in [0.4, 0.5) is 5.69 Å². The van der Waals surface area contributed by atoms with E-state index in [1.807, 2.05) is 58.0 Å². The van der Waals surface area contributed by atoms with Crippen molar-refractivity contribution in [3.8, 4) is 5.75 Å². The molecule has 1 heterocycles. The van der Waals surface area contributed by atoms with Gasteiger partial charge in [0.25, 0.3) is 0 Å². The summed E-state index contributed by atoms with van der Waals surface area (Å²) >= 11 is 0. The Morgan fingerprint density at radius 1 is 1.08 bits per heavy atom. The Morgan fingerprint density at radius 2 is 1.82 bits per heavy atom. The molecule has 1 amide bonds. The van der Waals surface area contributed by atoms with Crippen LogP contribution in [0, 0.1) is 13.8 Å². The molecule has 0 bridgehead atoms. The number of aliphatic carboxylic acids is 1. The number of fused-ring (bicyclic) bond motifs is 1. The van der Waals surface area contributed by atoms with Gasteiger partial charge in [-0.15, -0.1) is 0 Å². The van der Waals surface area contributed by atoms with E-state index < -0.39 is 30.3 Å². The maximum atomic E-state index is 12.6. The lowest BCUT2D eigenvalue weighted by atomic mass is 9.99. The van der Waals surface area contributed by atoms with Gasteiger partial charge in [0.2, 0.25) is 5.91 Å². The average Bonchev–Trinajstić information content (AvgIpc) is 3.18. The lowest BCUT2D eigenvalue weighted by Gasteiger charge is -2.18. The summed E-state index contributed by atoms with van der Waals surface area (Å²) in [6.45, 7) is 9.22. The number of ether oxygens (including phenoxy) is 1. The number of carboxylic acids is 1. The zero-order valence-electron chi connectivity index (χ0n) is 22.5. The first-order valence-corrected chi connectivity index (χ1v) is 12.9. The van der Waals surface area contributed by atoms with Gasteiger partial charge in [-0.3, -0.25) is 9.59 Å². The first-order valence-electron chi connectivity index (χ1n) is 12.9. The summed E-state index contributed by atoms with van der Waals surface area (Å²) in [5.41, 5.74) is 17.1. The number of nitrogens with one attached hydrogen (secondary N) is 1. The molecule has 38 heavy (non-hydrogen) atoms. The van der Waals surface area contributed by atoms with E-state index >= 15 is 0 Å². The van der Waals surface area contributed by atoms with Gasteiger partial charge >= 0.3 is 11.9 Å². The predicted octanol–water partition coefficient (Wildman–Crippen LogP) is 4.20. The third kappa shape index (κ3) is 6.99. The summed E-state index contributed by atoms with van der Waals surface area (Å²) in [4.78, 5) is 35.6. The number of amides is 1. The molecule has 204 valence electrons. The average molecular weight is 523 g/mol. The van der Waals surface area contributed by atoms with Gasteiger partial charge in [0.05, 0.1) is 11.2 Å². The Morgan fingerprint density at radius 3 is 2.47 bits per heavy atom. The van der Waals surface area contributed by atoms with Crippen LogP contribution in [0.2, 0.25) is 0 Å². The highest BCUT2D eigenvalue weighted by Gasteiger charge is 2.20. The van der Waals surface area contributed by atoms with Crippen molar-refractivity contribution in [2.24, 2.45) is 11.5 Å². The van der Waals surface area contributed by atoms with Crippen molar-refractivity contribution in [2.75, 3.05) is 11.9 Å². The highest BCUT2D eigenvalue weighted by Crippen LogP contribution is 2.32. The smallest absolute Gasteiger partial charge is 0.328 e. The third-order valence-corrected chi connectivity index (χ3v) is 6.57. The number of benzene rings is 2. The fourth-order valence-corrected chi connectivity index (χ4v) is 4.56. The SMILES string of the molecule is Cc1ccc(NC(=O)CC(=O)O)c2cc(C)n(Cc3ccc(OC(=O)[C@@H](N)CCCCN)c(C(C)C)c3)c12. The highest BCUT2D eigenvalue weighted by atomic mass is 16.5. The molecule has 0 spiro atoms. The lowest BCUT2D eigenvalue weighted by Crippen LogP contribution is -2.34. The van der Waals surface area contributed by atoms with Crippen LogP contribution in [-0.4, -0.2) is 40.1 Å². The minimum atomic E-state index is -1.18. The highest BCUT2D eigenvalue weighted by molar-refractivity contribution is 6.07. The van der Waals surface area contributed by atoms with Crippen LogP contribution in [0.15, 0.2) is 36.4 Å². The standard InChI is InChI=1S/C29H38N4O5/c1-17(2)21-14-20(9-11-25(21)38-29(37)23(31)7-5-6-12-30)16-33-19(4)13-22-24(10-8-18(3)28(22)33)32-26(34)15-27(35)36/h8-11,13-14,17,23H,5-7,12,15-16,30-31H2,1-4H3,(H,32,34)(H,35,36)/t23-/m0/s1. The molecule has 1 aromatic heterocycles. The van der Waals surface area contributed by atoms with Gasteiger partial charge in [0, 0.05) is 17.6 Å². The van der Waals surface area contributed by atoms with Crippen LogP contribution in [0.1, 0.15) is 67.8 Å². The number of unbranched alkanes of at least 4 members (excludes halogenated alkanes) is 1. The number of esters is 1. The number of carboxylic acid groups (broad SMARTS) is 1. The molecule has 0 saturated heterocycles. The number of rotatable bonds is 12. The van der Waals surface area contributed by atoms with E-state index in [9.17, 15) is 14.4 Å². The minimum absolute atomic E-state index is 0.117. The van der Waals surface area contributed by atoms with E-state index in [0.717, 1.165) is 46.1 Å². The van der Waals surface area contributed by atoms with E-state index in [2.05, 4.69) is 9.88 Å². The van der Waals surface area contributed by atoms with Crippen molar-refractivity contribution in [3.63, 3.8) is 0 Å². The van der Waals surface area contributed by atoms with Crippen LogP contribution in [0.5, 0.6) is 5.75 Å². The van der Waals surface area contributed by atoms with Gasteiger partial charge in [-0.05, 0) is 74.0 Å². The summed E-state index contributed by atoms with van der Waals surface area (Å²) in [6, 6.07) is 10.8. The Balaban J connectivity index is 1.88. The molecular formula is C29H38N4O5. The Bertz CT molecular complexity index is 1330. The van der Waals surface area contributed by atoms with E-state index in [0.29, 0.717) is 30.9 Å². The molecule has 3 rings (SSSR count). The first kappa shape index (κ1) is 28.9. The summed E-state index contributed by atoms with van der Waals surface area (Å²) in [6.07, 6.45) is 1.53. The lowest BCUT2D eigenvalue weighted by molar-refractivity contribution is -0.139. The van der Waals surface area contributed by atoms with Crippen molar-refractivity contribution in [2.45, 2.75) is 71.9 Å². The summed E-state index contributed by atoms with van der Waals surface area (Å²) in [5.74, 6) is -1.57. The summed E-state index contributed by atoms with van der Waals surface area (Å²) < 4.78 is 7.86. The van der Waals surface area contributed by atoms with Crippen LogP contribution in [0.3, 0.4) is 0 Å². The van der Waals surface area contributed by atoms with Gasteiger partial charge in [0.1, 0.15) is 18.2 Å². The molecule has 0 aliphatic carbocycles. The molecule has 3 aromatic rings. The van der Waals surface area contributed by atoms with E-state index in [1.54, 1.807) is 6.07 Å². The van der Waals surface area contributed by atoms with Crippen LogP contribution in [0.25, 0.3) is 10.9 Å². The second kappa shape index (κ2) is 12.7. The molecule has 0 unspecified atom stereocenters. The Hall–Kier alpha value is -3.69. The normalized spacial score (nSPS) is 12.1. The topological polar surface area (TPSA) is 150 Å². The van der Waals surface area contributed by atoms with Crippen molar-refractivity contribution in [3.05, 3.63) is 58.8 Å². The molecule has 9 nitrogen and oxygen atoms in total. The van der Waals surface area contributed by atoms with Gasteiger partial charge in [-0.1, -0.05) is 38.5 Å². The number of nitrogens with zero attached hydrogens (tertiary/aromatic N) is 1. The predicted molar refractivity (Wildman–Crippen MR) is 148 cm³/mol. The molecule has 2 aromatic carbocycles. The molecular weight excluding hydrogens is 484 g/mol. The number of carbonyl (C=O) groups excluding carboxylic acids is 2. The largest absolute Gasteiger partial charge is 0.481 e. The number of aryl methyl sites for hydroxylation is 2. The number of hydrogen-bond acceptors (Lipinski definition) is 6. The number of nitrogens with two attached hydrogens (primary N) is 2. The minimum Gasteiger partial charge on any atom is -0.481 e. The molecule has 9 heteroatoms. The molecule has 0 aliphatic heterocycles. The summed E-state index contributed by atoms with van der Waals surface area (Å²) in [7, 11) is 0. The second-order valence-corrected chi connectivity index (χ2v) is 10.0. The first-order chi connectivity index (χ1) is 18.0. The molecule has 1 atom stereocenters. The fourth-order valence-electron chi connectivity index (χ4n) is 4.56. The van der Waals surface area contributed by atoms with Crippen LogP contribution < -0.4 is 21.5 Å². The number of aromatic nitrogens is 1. The number of hydrogen-bond donors (Lipinski definition) is 4. The van der Waals surface area contributed by atoms with Crippen molar-refractivity contribution >= 4 is 34.4 Å². The van der Waals surface area contributed by atoms with Crippen molar-refractivity contribution in [1.82, 2.24) is 4.57 Å². The van der Waals surface area contributed by atoms with Gasteiger partial charge in [0.15, 0.2) is 0 Å². The fraction of sp³-hybridized carbons (Fsp3) is 0.414. The van der Waals surface area contributed by atoms with Crippen molar-refractivity contribution in [1.29, 1.82) is 0 Å². The summed E-state index contributed by atoms with van der Waals surface area (Å²) in [5, 5.41) is 12.5. The molecule has 0 aliphatic rings. The molecule has 6 N–H and O–H groups in total. The third-order valence-electron chi connectivity index (χ3n) is 6.57. The van der Waals surface area contributed by atoms with Crippen LogP contribution >= 0.6 is 0 Å².